The lowest BCUT2D eigenvalue weighted by Crippen LogP contribution is -2.63. The van der Waals surface area contributed by atoms with Crippen molar-refractivity contribution in [2.45, 2.75) is 56.2 Å². The number of aliphatic hydroxyl groups excluding tert-OH is 1. The van der Waals surface area contributed by atoms with Crippen LogP contribution in [0.25, 0.3) is 0 Å². The second-order valence-corrected chi connectivity index (χ2v) is 9.19. The summed E-state index contributed by atoms with van der Waals surface area (Å²) in [6.45, 7) is 5.47. The lowest BCUT2D eigenvalue weighted by atomic mass is 9.79. The molecule has 0 aromatic rings. The normalized spacial score (nSPS) is 39.6. The summed E-state index contributed by atoms with van der Waals surface area (Å²) < 4.78 is 0. The Labute approximate surface area is 151 Å². The van der Waals surface area contributed by atoms with Crippen LogP contribution in [0, 0.1) is 11.8 Å². The van der Waals surface area contributed by atoms with E-state index in [0.29, 0.717) is 17.3 Å². The molecular formula is C17H25N3O4S. The van der Waals surface area contributed by atoms with Gasteiger partial charge in [0.05, 0.1) is 18.1 Å². The monoisotopic (exact) mass is 367 g/mol. The molecule has 4 rings (SSSR count). The van der Waals surface area contributed by atoms with Crippen molar-refractivity contribution < 1.29 is 19.8 Å². The first-order valence-electron chi connectivity index (χ1n) is 8.94. The first-order chi connectivity index (χ1) is 11.8. The maximum Gasteiger partial charge on any atom is 0.353 e. The molecule has 4 atom stereocenters. The van der Waals surface area contributed by atoms with Gasteiger partial charge in [-0.05, 0) is 19.8 Å². The van der Waals surface area contributed by atoms with Crippen LogP contribution in [-0.2, 0) is 9.59 Å². The molecule has 25 heavy (non-hydrogen) atoms. The van der Waals surface area contributed by atoms with Gasteiger partial charge >= 0.3 is 5.97 Å². The number of β-lactam (4-membered cyclic amide) rings is 1. The minimum Gasteiger partial charge on any atom is -0.477 e. The highest BCUT2D eigenvalue weighted by molar-refractivity contribution is 8.03. The average molecular weight is 367 g/mol. The topological polar surface area (TPSA) is 107 Å². The van der Waals surface area contributed by atoms with E-state index in [0.717, 1.165) is 30.8 Å². The van der Waals surface area contributed by atoms with Crippen LogP contribution < -0.4 is 5.73 Å². The van der Waals surface area contributed by atoms with E-state index < -0.39 is 18.0 Å². The Morgan fingerprint density at radius 2 is 2.00 bits per heavy atom. The third-order valence-corrected chi connectivity index (χ3v) is 7.60. The third-order valence-electron chi connectivity index (χ3n) is 6.15. The van der Waals surface area contributed by atoms with Gasteiger partial charge in [0.25, 0.3) is 0 Å². The molecule has 8 heteroatoms. The summed E-state index contributed by atoms with van der Waals surface area (Å²) in [7, 11) is 0. The second kappa shape index (κ2) is 5.97. The molecule has 138 valence electrons. The van der Waals surface area contributed by atoms with Gasteiger partial charge in [0.15, 0.2) is 0 Å². The van der Waals surface area contributed by atoms with Gasteiger partial charge in [-0.2, -0.15) is 0 Å². The molecule has 3 heterocycles. The van der Waals surface area contributed by atoms with Gasteiger partial charge in [-0.25, -0.2) is 4.79 Å². The van der Waals surface area contributed by atoms with E-state index >= 15 is 0 Å². The van der Waals surface area contributed by atoms with Gasteiger partial charge in [0, 0.05) is 41.2 Å². The van der Waals surface area contributed by atoms with Gasteiger partial charge in [-0.1, -0.05) is 6.92 Å². The lowest BCUT2D eigenvalue weighted by molar-refractivity contribution is -0.163. The summed E-state index contributed by atoms with van der Waals surface area (Å²) in [4.78, 5) is 28.7. The molecule has 0 aromatic carbocycles. The number of aliphatic carboxylic acids is 1. The van der Waals surface area contributed by atoms with Crippen LogP contribution in [0.1, 0.15) is 26.7 Å². The highest BCUT2D eigenvalue weighted by Gasteiger charge is 2.60. The maximum absolute atomic E-state index is 12.3. The fraction of sp³-hybridized carbons (Fsp3) is 0.765. The van der Waals surface area contributed by atoms with Crippen LogP contribution in [-0.4, -0.2) is 74.5 Å². The van der Waals surface area contributed by atoms with Crippen LogP contribution >= 0.6 is 11.8 Å². The van der Waals surface area contributed by atoms with Crippen molar-refractivity contribution >= 4 is 23.6 Å². The number of thioether (sulfide) groups is 1. The SMILES string of the molecule is C[C@@H](O)[C@H]1C(=O)N2C(C(=O)O)=C(SC3CN(C4CC(N)C4)C3)[C@H](C)[C@H]12. The van der Waals surface area contributed by atoms with E-state index in [4.69, 9.17) is 5.73 Å². The summed E-state index contributed by atoms with van der Waals surface area (Å²) >= 11 is 1.61. The molecule has 1 aliphatic carbocycles. The van der Waals surface area contributed by atoms with E-state index in [1.807, 2.05) is 6.92 Å². The number of carboxylic acid groups (broad SMARTS) is 1. The number of carbonyl (C=O) groups excluding carboxylic acids is 1. The molecule has 4 N–H and O–H groups in total. The van der Waals surface area contributed by atoms with Crippen LogP contribution in [0.5, 0.6) is 0 Å². The van der Waals surface area contributed by atoms with E-state index in [2.05, 4.69) is 4.90 Å². The Kier molecular flexibility index (Phi) is 4.14. The summed E-state index contributed by atoms with van der Waals surface area (Å²) in [6.07, 6.45) is 1.35. The Morgan fingerprint density at radius 1 is 1.36 bits per heavy atom. The fourth-order valence-corrected chi connectivity index (χ4v) is 6.17. The molecule has 0 unspecified atom stereocenters. The van der Waals surface area contributed by atoms with Gasteiger partial charge in [0.1, 0.15) is 5.70 Å². The molecule has 0 spiro atoms. The zero-order valence-corrected chi connectivity index (χ0v) is 15.3. The highest BCUT2D eigenvalue weighted by atomic mass is 32.2. The summed E-state index contributed by atoms with van der Waals surface area (Å²) in [5.41, 5.74) is 5.98. The molecular weight excluding hydrogens is 342 g/mol. The number of nitrogens with zero attached hydrogens (tertiary/aromatic N) is 2. The van der Waals surface area contributed by atoms with Crippen molar-refractivity contribution in [1.29, 1.82) is 0 Å². The zero-order chi connectivity index (χ0) is 18.0. The first kappa shape index (κ1) is 17.3. The number of nitrogens with two attached hydrogens (primary N) is 1. The van der Waals surface area contributed by atoms with Gasteiger partial charge in [-0.15, -0.1) is 11.8 Å². The second-order valence-electron chi connectivity index (χ2n) is 7.85. The Balaban J connectivity index is 1.45. The van der Waals surface area contributed by atoms with Gasteiger partial charge in [0.2, 0.25) is 5.91 Å². The molecule has 1 saturated carbocycles. The first-order valence-corrected chi connectivity index (χ1v) is 9.82. The number of hydrogen-bond donors (Lipinski definition) is 3. The molecule has 7 nitrogen and oxygen atoms in total. The quantitative estimate of drug-likeness (QED) is 0.589. The van der Waals surface area contributed by atoms with Crippen LogP contribution in [0.2, 0.25) is 0 Å². The predicted octanol–water partition coefficient (Wildman–Crippen LogP) is 0.0472. The van der Waals surface area contributed by atoms with Gasteiger partial charge in [-0.3, -0.25) is 9.69 Å². The number of carboxylic acids is 1. The number of amides is 1. The molecule has 0 aromatic heterocycles. The molecule has 0 bridgehead atoms. The van der Waals surface area contributed by atoms with Crippen LogP contribution in [0.3, 0.4) is 0 Å². The fourth-order valence-electron chi connectivity index (χ4n) is 4.63. The summed E-state index contributed by atoms with van der Waals surface area (Å²) in [6, 6.07) is 0.698. The number of hydrogen-bond acceptors (Lipinski definition) is 6. The van der Waals surface area contributed by atoms with Crippen molar-refractivity contribution in [2.75, 3.05) is 13.1 Å². The van der Waals surface area contributed by atoms with Crippen molar-refractivity contribution in [3.8, 4) is 0 Å². The summed E-state index contributed by atoms with van der Waals surface area (Å²) in [5.74, 6) is -1.84. The minimum absolute atomic E-state index is 0.0421. The molecule has 2 saturated heterocycles. The lowest BCUT2D eigenvalue weighted by Gasteiger charge is -2.49. The minimum atomic E-state index is -1.05. The van der Waals surface area contributed by atoms with Gasteiger partial charge < -0.3 is 20.8 Å². The number of rotatable bonds is 5. The van der Waals surface area contributed by atoms with E-state index in [9.17, 15) is 19.8 Å². The van der Waals surface area contributed by atoms with Crippen molar-refractivity contribution in [1.82, 2.24) is 9.80 Å². The summed E-state index contributed by atoms with van der Waals surface area (Å²) in [5, 5.41) is 19.9. The molecule has 3 fully saturated rings. The van der Waals surface area contributed by atoms with Crippen LogP contribution in [0.15, 0.2) is 10.6 Å². The number of carbonyl (C=O) groups is 2. The van der Waals surface area contributed by atoms with Crippen molar-refractivity contribution in [3.63, 3.8) is 0 Å². The smallest absolute Gasteiger partial charge is 0.353 e. The number of fused-ring (bicyclic) bond motifs is 1. The van der Waals surface area contributed by atoms with E-state index in [-0.39, 0.29) is 23.6 Å². The van der Waals surface area contributed by atoms with Crippen molar-refractivity contribution in [2.24, 2.45) is 17.6 Å². The third kappa shape index (κ3) is 2.53. The number of likely N-dealkylation sites (tertiary alicyclic amines) is 1. The zero-order valence-electron chi connectivity index (χ0n) is 14.5. The van der Waals surface area contributed by atoms with Crippen LogP contribution in [0.4, 0.5) is 0 Å². The standard InChI is InChI=1S/C17H25N3O4S/c1-7-13-12(8(2)21)16(22)20(13)14(17(23)24)15(7)25-11-5-19(6-11)10-3-9(18)4-10/h7-13,21H,3-6,18H2,1-2H3,(H,23,24)/t7-,8-,9?,10?,12-,13-/m1/s1. The Bertz CT molecular complexity index is 640. The predicted molar refractivity (Wildman–Crippen MR) is 93.6 cm³/mol. The largest absolute Gasteiger partial charge is 0.477 e. The number of aliphatic hydroxyl groups is 1. The molecule has 3 aliphatic heterocycles. The molecule has 0 radical (unpaired) electrons. The maximum atomic E-state index is 12.3. The van der Waals surface area contributed by atoms with E-state index in [1.54, 1.807) is 18.7 Å². The average Bonchev–Trinajstić information content (AvgIpc) is 2.69. The van der Waals surface area contributed by atoms with E-state index in [1.165, 1.54) is 4.90 Å². The Hall–Kier alpha value is -1.09. The highest BCUT2D eigenvalue weighted by Crippen LogP contribution is 2.52. The Morgan fingerprint density at radius 3 is 2.52 bits per heavy atom. The molecule has 1 amide bonds. The molecule has 4 aliphatic rings. The van der Waals surface area contributed by atoms with Crippen molar-refractivity contribution in [3.05, 3.63) is 10.6 Å².